The molecular weight excluding hydrogens is 285 g/mol. The van der Waals surface area contributed by atoms with Crippen molar-refractivity contribution >= 4 is 0 Å². The zero-order valence-corrected chi connectivity index (χ0v) is 11.4. The number of ether oxygens (including phenoxy) is 2. The minimum atomic E-state index is -4.52. The van der Waals surface area contributed by atoms with Crippen LogP contribution in [0.15, 0.2) is 36.4 Å². The first-order valence-electron chi connectivity index (χ1n) is 5.99. The molecule has 0 amide bonds. The summed E-state index contributed by atoms with van der Waals surface area (Å²) in [5.74, 6) is 0.416. The van der Waals surface area contributed by atoms with Gasteiger partial charge in [-0.3, -0.25) is 0 Å². The summed E-state index contributed by atoms with van der Waals surface area (Å²) >= 11 is 0. The SMILES string of the molecule is COc1ccc(-c2cc(O)cc(C(F)(F)F)c2)cc1OC. The predicted octanol–water partition coefficient (Wildman–Crippen LogP) is 4.10. The fourth-order valence-corrected chi connectivity index (χ4v) is 1.96. The number of phenolic OH excluding ortho intramolecular Hbond substituents is 1. The van der Waals surface area contributed by atoms with Crippen LogP contribution in [0, 0.1) is 0 Å². The number of hydrogen-bond donors (Lipinski definition) is 1. The average Bonchev–Trinajstić information content (AvgIpc) is 2.45. The molecule has 112 valence electrons. The van der Waals surface area contributed by atoms with E-state index in [1.807, 2.05) is 0 Å². The number of phenols is 1. The fraction of sp³-hybridized carbons (Fsp3) is 0.200. The van der Waals surface area contributed by atoms with Gasteiger partial charge in [0.2, 0.25) is 0 Å². The highest BCUT2D eigenvalue weighted by Gasteiger charge is 2.31. The van der Waals surface area contributed by atoms with Gasteiger partial charge in [0.1, 0.15) is 5.75 Å². The van der Waals surface area contributed by atoms with E-state index in [-0.39, 0.29) is 5.56 Å². The molecule has 0 aliphatic rings. The zero-order chi connectivity index (χ0) is 15.6. The third-order valence-corrected chi connectivity index (χ3v) is 2.96. The van der Waals surface area contributed by atoms with Crippen molar-refractivity contribution in [2.24, 2.45) is 0 Å². The van der Waals surface area contributed by atoms with Gasteiger partial charge >= 0.3 is 6.18 Å². The summed E-state index contributed by atoms with van der Waals surface area (Å²) in [6.45, 7) is 0. The van der Waals surface area contributed by atoms with Crippen LogP contribution >= 0.6 is 0 Å². The van der Waals surface area contributed by atoms with E-state index in [2.05, 4.69) is 0 Å². The summed E-state index contributed by atoms with van der Waals surface area (Å²) < 4.78 is 48.5. The molecule has 0 spiro atoms. The van der Waals surface area contributed by atoms with Gasteiger partial charge in [-0.25, -0.2) is 0 Å². The molecule has 3 nitrogen and oxygen atoms in total. The summed E-state index contributed by atoms with van der Waals surface area (Å²) in [4.78, 5) is 0. The van der Waals surface area contributed by atoms with Gasteiger partial charge < -0.3 is 14.6 Å². The van der Waals surface area contributed by atoms with Crippen LogP contribution in [0.1, 0.15) is 5.56 Å². The van der Waals surface area contributed by atoms with Crippen LogP contribution in [0.4, 0.5) is 13.2 Å². The van der Waals surface area contributed by atoms with E-state index < -0.39 is 17.5 Å². The van der Waals surface area contributed by atoms with Crippen LogP contribution in [0.3, 0.4) is 0 Å². The Hall–Kier alpha value is -2.37. The van der Waals surface area contributed by atoms with Gasteiger partial charge in [0.05, 0.1) is 19.8 Å². The van der Waals surface area contributed by atoms with Crippen LogP contribution in [-0.4, -0.2) is 19.3 Å². The van der Waals surface area contributed by atoms with E-state index in [1.54, 1.807) is 18.2 Å². The Morgan fingerprint density at radius 2 is 1.52 bits per heavy atom. The van der Waals surface area contributed by atoms with Crippen molar-refractivity contribution in [3.05, 3.63) is 42.0 Å². The monoisotopic (exact) mass is 298 g/mol. The molecule has 2 aromatic carbocycles. The van der Waals surface area contributed by atoms with Gasteiger partial charge in [0.15, 0.2) is 11.5 Å². The Balaban J connectivity index is 2.54. The molecule has 0 saturated heterocycles. The van der Waals surface area contributed by atoms with Gasteiger partial charge in [-0.1, -0.05) is 6.07 Å². The molecule has 6 heteroatoms. The van der Waals surface area contributed by atoms with Gasteiger partial charge in [0.25, 0.3) is 0 Å². The van der Waals surface area contributed by atoms with Crippen molar-refractivity contribution in [1.82, 2.24) is 0 Å². The third-order valence-electron chi connectivity index (χ3n) is 2.96. The molecule has 2 rings (SSSR count). The second-order valence-corrected chi connectivity index (χ2v) is 4.34. The lowest BCUT2D eigenvalue weighted by atomic mass is 10.0. The molecule has 0 saturated carbocycles. The standard InChI is InChI=1S/C15H13F3O3/c1-20-13-4-3-9(7-14(13)21-2)10-5-11(15(16,17)18)8-12(19)6-10/h3-8,19H,1-2H3. The van der Waals surface area contributed by atoms with Crippen LogP contribution in [0.25, 0.3) is 11.1 Å². The maximum atomic E-state index is 12.8. The van der Waals surface area contributed by atoms with Crippen molar-refractivity contribution < 1.29 is 27.8 Å². The van der Waals surface area contributed by atoms with Crippen molar-refractivity contribution in [1.29, 1.82) is 0 Å². The van der Waals surface area contributed by atoms with E-state index in [4.69, 9.17) is 9.47 Å². The van der Waals surface area contributed by atoms with E-state index in [9.17, 15) is 18.3 Å². The minimum Gasteiger partial charge on any atom is -0.508 e. The summed E-state index contributed by atoms with van der Waals surface area (Å²) in [5.41, 5.74) is -0.190. The number of methoxy groups -OCH3 is 2. The van der Waals surface area contributed by atoms with Crippen LogP contribution in [0.5, 0.6) is 17.2 Å². The largest absolute Gasteiger partial charge is 0.508 e. The fourth-order valence-electron chi connectivity index (χ4n) is 1.96. The number of halogens is 3. The number of benzene rings is 2. The van der Waals surface area contributed by atoms with Gasteiger partial charge in [0, 0.05) is 0 Å². The number of aromatic hydroxyl groups is 1. The van der Waals surface area contributed by atoms with E-state index in [1.165, 1.54) is 20.3 Å². The van der Waals surface area contributed by atoms with Crippen molar-refractivity contribution in [2.45, 2.75) is 6.18 Å². The van der Waals surface area contributed by atoms with Gasteiger partial charge in [-0.05, 0) is 41.5 Å². The highest BCUT2D eigenvalue weighted by atomic mass is 19.4. The molecule has 0 heterocycles. The van der Waals surface area contributed by atoms with Crippen LogP contribution < -0.4 is 9.47 Å². The third kappa shape index (κ3) is 3.21. The van der Waals surface area contributed by atoms with Gasteiger partial charge in [-0.15, -0.1) is 0 Å². The molecule has 0 fully saturated rings. The molecule has 2 aromatic rings. The maximum absolute atomic E-state index is 12.8. The summed E-state index contributed by atoms with van der Waals surface area (Å²) in [7, 11) is 2.90. The summed E-state index contributed by atoms with van der Waals surface area (Å²) in [6, 6.07) is 7.65. The first-order chi connectivity index (χ1) is 9.85. The first kappa shape index (κ1) is 15.0. The van der Waals surface area contributed by atoms with Crippen LogP contribution in [-0.2, 0) is 6.18 Å². The van der Waals surface area contributed by atoms with Crippen LogP contribution in [0.2, 0.25) is 0 Å². The lowest BCUT2D eigenvalue weighted by molar-refractivity contribution is -0.137. The van der Waals surface area contributed by atoms with Gasteiger partial charge in [-0.2, -0.15) is 13.2 Å². The molecule has 0 radical (unpaired) electrons. The maximum Gasteiger partial charge on any atom is 0.416 e. The normalized spacial score (nSPS) is 11.3. The Kier molecular flexibility index (Phi) is 3.97. The highest BCUT2D eigenvalue weighted by Crippen LogP contribution is 2.37. The Bertz CT molecular complexity index is 651. The number of alkyl halides is 3. The molecule has 0 bridgehead atoms. The lowest BCUT2D eigenvalue weighted by Gasteiger charge is -2.12. The second-order valence-electron chi connectivity index (χ2n) is 4.34. The number of hydrogen-bond acceptors (Lipinski definition) is 3. The molecule has 0 aliphatic carbocycles. The smallest absolute Gasteiger partial charge is 0.416 e. The molecule has 0 aromatic heterocycles. The zero-order valence-electron chi connectivity index (χ0n) is 11.4. The quantitative estimate of drug-likeness (QED) is 0.927. The van der Waals surface area contributed by atoms with E-state index in [0.29, 0.717) is 23.1 Å². The molecule has 0 aliphatic heterocycles. The van der Waals surface area contributed by atoms with E-state index in [0.717, 1.165) is 6.07 Å². The van der Waals surface area contributed by atoms with Crippen molar-refractivity contribution in [3.63, 3.8) is 0 Å². The summed E-state index contributed by atoms with van der Waals surface area (Å²) in [5, 5.41) is 9.49. The Labute approximate surface area is 119 Å². The minimum absolute atomic E-state index is 0.239. The molecule has 21 heavy (non-hydrogen) atoms. The lowest BCUT2D eigenvalue weighted by Crippen LogP contribution is -2.04. The van der Waals surface area contributed by atoms with E-state index >= 15 is 0 Å². The van der Waals surface area contributed by atoms with Crippen molar-refractivity contribution in [2.75, 3.05) is 14.2 Å². The topological polar surface area (TPSA) is 38.7 Å². The average molecular weight is 298 g/mol. The molecule has 0 unspecified atom stereocenters. The molecule has 0 atom stereocenters. The first-order valence-corrected chi connectivity index (χ1v) is 5.99. The predicted molar refractivity (Wildman–Crippen MR) is 71.6 cm³/mol. The highest BCUT2D eigenvalue weighted by molar-refractivity contribution is 5.69. The number of rotatable bonds is 3. The molecule has 1 N–H and O–H groups in total. The Morgan fingerprint density at radius 1 is 0.857 bits per heavy atom. The van der Waals surface area contributed by atoms with Crippen molar-refractivity contribution in [3.8, 4) is 28.4 Å². The molecular formula is C15H13F3O3. The Morgan fingerprint density at radius 3 is 2.10 bits per heavy atom. The second kappa shape index (κ2) is 5.55. The summed E-state index contributed by atoms with van der Waals surface area (Å²) in [6.07, 6.45) is -4.52.